The highest BCUT2D eigenvalue weighted by molar-refractivity contribution is 7.13. The molecule has 1 N–H and O–H groups in total. The fourth-order valence-electron chi connectivity index (χ4n) is 1.19. The molecule has 0 radical (unpaired) electrons. The number of rotatable bonds is 3. The summed E-state index contributed by atoms with van der Waals surface area (Å²) in [5.74, 6) is -0.845. The highest BCUT2D eigenvalue weighted by Gasteiger charge is 2.19. The summed E-state index contributed by atoms with van der Waals surface area (Å²) >= 11 is 1.36. The molecule has 6 heteroatoms. The van der Waals surface area contributed by atoms with E-state index in [2.05, 4.69) is 9.97 Å². The van der Waals surface area contributed by atoms with Crippen LogP contribution in [0.4, 0.5) is 0 Å². The van der Waals surface area contributed by atoms with Crippen LogP contribution in [0.5, 0.6) is 0 Å². The maximum Gasteiger partial charge on any atom is 0.373 e. The summed E-state index contributed by atoms with van der Waals surface area (Å²) in [5, 5.41) is 8.86. The molecule has 15 heavy (non-hydrogen) atoms. The summed E-state index contributed by atoms with van der Waals surface area (Å²) in [6, 6.07) is 0. The lowest BCUT2D eigenvalue weighted by atomic mass is 10.3. The Kier molecular flexibility index (Phi) is 2.51. The van der Waals surface area contributed by atoms with E-state index in [0.717, 1.165) is 4.88 Å². The second kappa shape index (κ2) is 3.82. The minimum absolute atomic E-state index is 0.0825. The Morgan fingerprint density at radius 3 is 2.93 bits per heavy atom. The standard InChI is InChI=1S/C9H8N2O3S/c1-2-5-7(9(12)13)14-8(11-5)6-3-10-4-15-6/h3-4H,2H2,1H3,(H,12,13). The monoisotopic (exact) mass is 224 g/mol. The minimum atomic E-state index is -1.09. The Hall–Kier alpha value is -1.69. The molecule has 0 aliphatic heterocycles. The van der Waals surface area contributed by atoms with E-state index < -0.39 is 5.97 Å². The fraction of sp³-hybridized carbons (Fsp3) is 0.222. The second-order valence-electron chi connectivity index (χ2n) is 2.82. The Morgan fingerprint density at radius 1 is 1.67 bits per heavy atom. The number of aromatic nitrogens is 2. The fourth-order valence-corrected chi connectivity index (χ4v) is 1.73. The second-order valence-corrected chi connectivity index (χ2v) is 3.71. The number of aryl methyl sites for hydroxylation is 1. The van der Waals surface area contributed by atoms with Crippen LogP contribution in [0.2, 0.25) is 0 Å². The van der Waals surface area contributed by atoms with Gasteiger partial charge in [0.1, 0.15) is 4.88 Å². The number of carboxylic acid groups (broad SMARTS) is 1. The van der Waals surface area contributed by atoms with Gasteiger partial charge < -0.3 is 9.52 Å². The van der Waals surface area contributed by atoms with E-state index in [1.807, 2.05) is 6.92 Å². The van der Waals surface area contributed by atoms with Crippen LogP contribution < -0.4 is 0 Å². The van der Waals surface area contributed by atoms with Gasteiger partial charge in [0.25, 0.3) is 0 Å². The lowest BCUT2D eigenvalue weighted by Crippen LogP contribution is -1.98. The molecular formula is C9H8N2O3S. The van der Waals surface area contributed by atoms with Crippen molar-refractivity contribution in [1.29, 1.82) is 0 Å². The number of oxazole rings is 1. The maximum atomic E-state index is 10.8. The van der Waals surface area contributed by atoms with Crippen LogP contribution in [0.15, 0.2) is 16.1 Å². The zero-order valence-corrected chi connectivity index (χ0v) is 8.74. The normalized spacial score (nSPS) is 10.5. The Bertz CT molecular complexity index is 476. The number of hydrogen-bond acceptors (Lipinski definition) is 5. The molecule has 2 rings (SSSR count). The lowest BCUT2D eigenvalue weighted by Gasteiger charge is -1.88. The Morgan fingerprint density at radius 2 is 2.47 bits per heavy atom. The van der Waals surface area contributed by atoms with Crippen molar-refractivity contribution in [2.45, 2.75) is 13.3 Å². The predicted octanol–water partition coefficient (Wildman–Crippen LogP) is 2.06. The van der Waals surface area contributed by atoms with Crippen LogP contribution in [0.3, 0.4) is 0 Å². The van der Waals surface area contributed by atoms with Crippen molar-refractivity contribution >= 4 is 17.3 Å². The van der Waals surface area contributed by atoms with Gasteiger partial charge >= 0.3 is 5.97 Å². The smallest absolute Gasteiger partial charge is 0.373 e. The van der Waals surface area contributed by atoms with Gasteiger partial charge in [-0.3, -0.25) is 4.98 Å². The molecule has 0 atom stereocenters. The zero-order chi connectivity index (χ0) is 10.8. The number of thiazole rings is 1. The van der Waals surface area contributed by atoms with Crippen LogP contribution in [-0.2, 0) is 6.42 Å². The number of nitrogens with zero attached hydrogens (tertiary/aromatic N) is 2. The molecule has 0 amide bonds. The van der Waals surface area contributed by atoms with Gasteiger partial charge in [-0.1, -0.05) is 6.92 Å². The summed E-state index contributed by atoms with van der Waals surface area (Å²) in [6.45, 7) is 1.83. The third-order valence-electron chi connectivity index (χ3n) is 1.87. The van der Waals surface area contributed by atoms with E-state index in [9.17, 15) is 4.79 Å². The summed E-state index contributed by atoms with van der Waals surface area (Å²) in [5.41, 5.74) is 2.11. The van der Waals surface area contributed by atoms with Gasteiger partial charge in [-0.15, -0.1) is 11.3 Å². The van der Waals surface area contributed by atoms with E-state index in [1.165, 1.54) is 11.3 Å². The molecule has 0 fully saturated rings. The topological polar surface area (TPSA) is 76.2 Å². The highest BCUT2D eigenvalue weighted by Crippen LogP contribution is 2.25. The Labute approximate surface area is 89.4 Å². The van der Waals surface area contributed by atoms with Crippen LogP contribution in [-0.4, -0.2) is 21.0 Å². The van der Waals surface area contributed by atoms with Gasteiger partial charge in [0.05, 0.1) is 17.4 Å². The van der Waals surface area contributed by atoms with Gasteiger partial charge in [0, 0.05) is 0 Å². The molecule has 0 aromatic carbocycles. The Balaban J connectivity index is 2.48. The minimum Gasteiger partial charge on any atom is -0.475 e. The van der Waals surface area contributed by atoms with Crippen LogP contribution in [0.25, 0.3) is 10.8 Å². The molecule has 0 spiro atoms. The van der Waals surface area contributed by atoms with Gasteiger partial charge in [0.2, 0.25) is 11.7 Å². The van der Waals surface area contributed by atoms with Crippen molar-refractivity contribution < 1.29 is 14.3 Å². The lowest BCUT2D eigenvalue weighted by molar-refractivity contribution is 0.0662. The largest absolute Gasteiger partial charge is 0.475 e. The highest BCUT2D eigenvalue weighted by atomic mass is 32.1. The molecule has 2 aromatic heterocycles. The van der Waals surface area contributed by atoms with Gasteiger partial charge in [-0.25, -0.2) is 9.78 Å². The van der Waals surface area contributed by atoms with Gasteiger partial charge in [-0.2, -0.15) is 0 Å². The summed E-state index contributed by atoms with van der Waals surface area (Å²) in [7, 11) is 0. The SMILES string of the molecule is CCc1nc(-c2cncs2)oc1C(=O)O. The number of hydrogen-bond donors (Lipinski definition) is 1. The van der Waals surface area contributed by atoms with E-state index in [1.54, 1.807) is 11.7 Å². The third kappa shape index (κ3) is 1.75. The molecule has 0 aliphatic carbocycles. The number of carboxylic acids is 1. The number of carbonyl (C=O) groups is 1. The predicted molar refractivity (Wildman–Crippen MR) is 53.9 cm³/mol. The van der Waals surface area contributed by atoms with Crippen molar-refractivity contribution in [1.82, 2.24) is 9.97 Å². The molecule has 0 saturated carbocycles. The molecule has 0 bridgehead atoms. The first-order chi connectivity index (χ1) is 7.22. The van der Waals surface area contributed by atoms with Crippen molar-refractivity contribution in [2.24, 2.45) is 0 Å². The molecule has 0 saturated heterocycles. The molecule has 2 aromatic rings. The maximum absolute atomic E-state index is 10.8. The van der Waals surface area contributed by atoms with E-state index >= 15 is 0 Å². The zero-order valence-electron chi connectivity index (χ0n) is 7.93. The quantitative estimate of drug-likeness (QED) is 0.863. The summed E-state index contributed by atoms with van der Waals surface area (Å²) in [6.07, 6.45) is 2.13. The van der Waals surface area contributed by atoms with Crippen molar-refractivity contribution in [3.8, 4) is 10.8 Å². The molecule has 5 nitrogen and oxygen atoms in total. The molecule has 2 heterocycles. The van der Waals surface area contributed by atoms with Crippen LogP contribution >= 0.6 is 11.3 Å². The van der Waals surface area contributed by atoms with Crippen molar-refractivity contribution in [3.63, 3.8) is 0 Å². The third-order valence-corrected chi connectivity index (χ3v) is 2.63. The van der Waals surface area contributed by atoms with Crippen LogP contribution in [0.1, 0.15) is 23.2 Å². The van der Waals surface area contributed by atoms with E-state index in [4.69, 9.17) is 9.52 Å². The molecule has 0 unspecified atom stereocenters. The van der Waals surface area contributed by atoms with Crippen LogP contribution in [0, 0.1) is 0 Å². The molecule has 0 aliphatic rings. The molecule has 78 valence electrons. The van der Waals surface area contributed by atoms with E-state index in [0.29, 0.717) is 18.0 Å². The van der Waals surface area contributed by atoms with Gasteiger partial charge in [0.15, 0.2) is 0 Å². The summed E-state index contributed by atoms with van der Waals surface area (Å²) < 4.78 is 5.17. The van der Waals surface area contributed by atoms with Gasteiger partial charge in [-0.05, 0) is 6.42 Å². The van der Waals surface area contributed by atoms with E-state index in [-0.39, 0.29) is 5.76 Å². The molecular weight excluding hydrogens is 216 g/mol. The average molecular weight is 224 g/mol. The summed E-state index contributed by atoms with van der Waals surface area (Å²) in [4.78, 5) is 19.5. The van der Waals surface area contributed by atoms with Crippen molar-refractivity contribution in [2.75, 3.05) is 0 Å². The first kappa shape index (κ1) is 9.85. The average Bonchev–Trinajstić information content (AvgIpc) is 2.86. The first-order valence-electron chi connectivity index (χ1n) is 4.34. The first-order valence-corrected chi connectivity index (χ1v) is 5.22. The number of aromatic carboxylic acids is 1. The van der Waals surface area contributed by atoms with Crippen molar-refractivity contribution in [3.05, 3.63) is 23.2 Å².